The Morgan fingerprint density at radius 2 is 1.71 bits per heavy atom. The van der Waals surface area contributed by atoms with Crippen LogP contribution in [-0.4, -0.2) is 11.6 Å². The number of ketones is 2. The van der Waals surface area contributed by atoms with Crippen molar-refractivity contribution in [3.05, 3.63) is 23.4 Å². The molecule has 2 N–H and O–H groups in total. The molecule has 4 rings (SSSR count). The maximum Gasteiger partial charge on any atom is 0.178 e. The smallest absolute Gasteiger partial charge is 0.178 e. The van der Waals surface area contributed by atoms with Crippen LogP contribution in [0.4, 0.5) is 0 Å². The summed E-state index contributed by atoms with van der Waals surface area (Å²) in [6, 6.07) is 0. The molecule has 4 aliphatic rings. The summed E-state index contributed by atoms with van der Waals surface area (Å²) < 4.78 is 0. The fraction of sp³-hybridized carbons (Fsp3) is 0.714. The Bertz CT molecular complexity index is 690. The zero-order chi connectivity index (χ0) is 17.4. The zero-order valence-electron chi connectivity index (χ0n) is 15.2. The second kappa shape index (κ2) is 4.83. The second-order valence-electron chi connectivity index (χ2n) is 9.15. The highest BCUT2D eigenvalue weighted by Crippen LogP contribution is 2.67. The van der Waals surface area contributed by atoms with Crippen molar-refractivity contribution < 1.29 is 9.59 Å². The number of fused-ring (bicyclic) bond motifs is 5. The van der Waals surface area contributed by atoms with E-state index in [1.54, 1.807) is 0 Å². The van der Waals surface area contributed by atoms with Crippen molar-refractivity contribution in [1.82, 2.24) is 0 Å². The highest BCUT2D eigenvalue weighted by atomic mass is 16.1. The highest BCUT2D eigenvalue weighted by molar-refractivity contribution is 5.97. The van der Waals surface area contributed by atoms with E-state index in [1.165, 1.54) is 0 Å². The van der Waals surface area contributed by atoms with Crippen LogP contribution in [-0.2, 0) is 9.59 Å². The van der Waals surface area contributed by atoms with Gasteiger partial charge in [0, 0.05) is 18.3 Å². The lowest BCUT2D eigenvalue weighted by molar-refractivity contribution is -0.133. The van der Waals surface area contributed by atoms with Gasteiger partial charge >= 0.3 is 0 Å². The van der Waals surface area contributed by atoms with Gasteiger partial charge in [0.1, 0.15) is 5.78 Å². The van der Waals surface area contributed by atoms with Crippen LogP contribution in [0.1, 0.15) is 59.3 Å². The van der Waals surface area contributed by atoms with Crippen LogP contribution in [0.5, 0.6) is 0 Å². The summed E-state index contributed by atoms with van der Waals surface area (Å²) in [5, 5.41) is 0. The summed E-state index contributed by atoms with van der Waals surface area (Å²) in [5.74, 6) is 2.34. The molecule has 0 aliphatic heterocycles. The Hall–Kier alpha value is -1.38. The predicted octanol–water partition coefficient (Wildman–Crippen LogP) is 3.79. The molecule has 0 aromatic carbocycles. The van der Waals surface area contributed by atoms with Gasteiger partial charge in [0.2, 0.25) is 0 Å². The van der Waals surface area contributed by atoms with Gasteiger partial charge < -0.3 is 5.73 Å². The molecule has 130 valence electrons. The molecular weight excluding hydrogens is 298 g/mol. The van der Waals surface area contributed by atoms with Gasteiger partial charge in [-0.05, 0) is 65.9 Å². The maximum absolute atomic E-state index is 12.6. The van der Waals surface area contributed by atoms with Crippen molar-refractivity contribution in [2.45, 2.75) is 59.3 Å². The van der Waals surface area contributed by atoms with Gasteiger partial charge in [-0.1, -0.05) is 27.4 Å². The standard InChI is InChI=1S/C21H29NO2/c1-11-12(2)18-19(22)15(23)8-10-21(18,4)14-7-9-20(3)13(17(11)14)5-6-16(20)24/h11,13-14,17H,2,5-10,22H2,1,3-4H3/t11-,13+,14+,17+,20+,21-/m1/s1. The summed E-state index contributed by atoms with van der Waals surface area (Å²) in [6.45, 7) is 11.1. The Balaban J connectivity index is 1.84. The van der Waals surface area contributed by atoms with Crippen molar-refractivity contribution >= 4 is 11.6 Å². The van der Waals surface area contributed by atoms with Crippen LogP contribution < -0.4 is 5.73 Å². The van der Waals surface area contributed by atoms with E-state index in [0.717, 1.165) is 43.3 Å². The molecule has 0 aromatic heterocycles. The van der Waals surface area contributed by atoms with E-state index in [1.807, 2.05) is 0 Å². The van der Waals surface area contributed by atoms with E-state index >= 15 is 0 Å². The first-order valence-corrected chi connectivity index (χ1v) is 9.47. The summed E-state index contributed by atoms with van der Waals surface area (Å²) in [7, 11) is 0. The number of hydrogen-bond donors (Lipinski definition) is 1. The third-order valence-electron chi connectivity index (χ3n) is 8.32. The van der Waals surface area contributed by atoms with Gasteiger partial charge in [0.15, 0.2) is 5.78 Å². The molecule has 0 aromatic rings. The Kier molecular flexibility index (Phi) is 3.24. The molecule has 0 bridgehead atoms. The Morgan fingerprint density at radius 1 is 1.04 bits per heavy atom. The molecule has 0 heterocycles. The highest BCUT2D eigenvalue weighted by Gasteiger charge is 2.62. The van der Waals surface area contributed by atoms with Gasteiger partial charge in [-0.3, -0.25) is 9.59 Å². The summed E-state index contributed by atoms with van der Waals surface area (Å²) >= 11 is 0. The van der Waals surface area contributed by atoms with Gasteiger partial charge in [-0.25, -0.2) is 0 Å². The number of carbonyl (C=O) groups excluding carboxylic acids is 2. The van der Waals surface area contributed by atoms with Gasteiger partial charge in [0.25, 0.3) is 0 Å². The first-order chi connectivity index (χ1) is 11.2. The van der Waals surface area contributed by atoms with Crippen molar-refractivity contribution in [1.29, 1.82) is 0 Å². The van der Waals surface area contributed by atoms with Crippen molar-refractivity contribution in [2.24, 2.45) is 40.2 Å². The number of Topliss-reactive ketones (excluding diaryl/α,β-unsaturated/α-hetero) is 2. The van der Waals surface area contributed by atoms with E-state index in [0.29, 0.717) is 41.6 Å². The van der Waals surface area contributed by atoms with Crippen LogP contribution in [0.2, 0.25) is 0 Å². The average Bonchev–Trinajstić information content (AvgIpc) is 2.84. The third kappa shape index (κ3) is 1.74. The van der Waals surface area contributed by atoms with Crippen molar-refractivity contribution in [3.8, 4) is 0 Å². The van der Waals surface area contributed by atoms with Crippen LogP contribution in [0, 0.1) is 34.5 Å². The number of carbonyl (C=O) groups is 2. The molecule has 0 radical (unpaired) electrons. The molecule has 0 amide bonds. The topological polar surface area (TPSA) is 60.2 Å². The number of allylic oxidation sites excluding steroid dienone is 2. The summed E-state index contributed by atoms with van der Waals surface area (Å²) in [5.41, 5.74) is 8.67. The molecule has 3 saturated carbocycles. The molecule has 0 saturated heterocycles. The molecule has 0 unspecified atom stereocenters. The number of hydrogen-bond acceptors (Lipinski definition) is 3. The lowest BCUT2D eigenvalue weighted by atomic mass is 9.44. The van der Waals surface area contributed by atoms with E-state index < -0.39 is 0 Å². The molecule has 3 heteroatoms. The number of rotatable bonds is 0. The van der Waals surface area contributed by atoms with Crippen LogP contribution in [0.15, 0.2) is 23.4 Å². The van der Waals surface area contributed by atoms with Gasteiger partial charge in [0.05, 0.1) is 5.70 Å². The minimum Gasteiger partial charge on any atom is -0.396 e. The molecular formula is C21H29NO2. The van der Waals surface area contributed by atoms with Crippen molar-refractivity contribution in [3.63, 3.8) is 0 Å². The normalized spacial score (nSPS) is 48.2. The molecule has 6 atom stereocenters. The largest absolute Gasteiger partial charge is 0.396 e. The van der Waals surface area contributed by atoms with Crippen LogP contribution in [0.3, 0.4) is 0 Å². The summed E-state index contributed by atoms with van der Waals surface area (Å²) in [4.78, 5) is 24.8. The number of nitrogens with two attached hydrogens (primary N) is 1. The first-order valence-electron chi connectivity index (χ1n) is 9.47. The zero-order valence-corrected chi connectivity index (χ0v) is 15.2. The fourth-order valence-electron chi connectivity index (χ4n) is 6.86. The lowest BCUT2D eigenvalue weighted by Gasteiger charge is -2.59. The van der Waals surface area contributed by atoms with E-state index in [-0.39, 0.29) is 16.6 Å². The minimum absolute atomic E-state index is 0.0424. The van der Waals surface area contributed by atoms with Gasteiger partial charge in [-0.15, -0.1) is 0 Å². The predicted molar refractivity (Wildman–Crippen MR) is 93.9 cm³/mol. The second-order valence-corrected chi connectivity index (χ2v) is 9.15. The van der Waals surface area contributed by atoms with Crippen LogP contribution >= 0.6 is 0 Å². The van der Waals surface area contributed by atoms with Crippen molar-refractivity contribution in [2.75, 3.05) is 0 Å². The summed E-state index contributed by atoms with van der Waals surface area (Å²) in [6.07, 6.45) is 5.26. The SMILES string of the molecule is C=C1C2=C(N)C(=O)CC[C@]2(C)[C@H]2CC[C@]3(C)C(=O)CC[C@H]3[C@@H]2[C@@H]1C. The fourth-order valence-corrected chi connectivity index (χ4v) is 6.86. The quantitative estimate of drug-likeness (QED) is 0.736. The van der Waals surface area contributed by atoms with Gasteiger partial charge in [-0.2, -0.15) is 0 Å². The molecule has 3 nitrogen and oxygen atoms in total. The maximum atomic E-state index is 12.6. The minimum atomic E-state index is -0.136. The first kappa shape index (κ1) is 16.1. The molecule has 4 aliphatic carbocycles. The third-order valence-corrected chi connectivity index (χ3v) is 8.32. The molecule has 3 fully saturated rings. The van der Waals surface area contributed by atoms with E-state index in [4.69, 9.17) is 5.73 Å². The Morgan fingerprint density at radius 3 is 2.42 bits per heavy atom. The Labute approximate surface area is 144 Å². The molecule has 0 spiro atoms. The van der Waals surface area contributed by atoms with E-state index in [9.17, 15) is 9.59 Å². The van der Waals surface area contributed by atoms with E-state index in [2.05, 4.69) is 27.4 Å². The monoisotopic (exact) mass is 327 g/mol. The van der Waals surface area contributed by atoms with Crippen LogP contribution in [0.25, 0.3) is 0 Å². The lowest BCUT2D eigenvalue weighted by Crippen LogP contribution is -2.54. The molecule has 24 heavy (non-hydrogen) atoms. The average molecular weight is 327 g/mol.